The molecule has 0 atom stereocenters. The van der Waals surface area contributed by atoms with Crippen LogP contribution in [0.4, 0.5) is 0 Å². The fourth-order valence-electron chi connectivity index (χ4n) is 1.94. The van der Waals surface area contributed by atoms with Gasteiger partial charge in [-0.15, -0.1) is 0 Å². The van der Waals surface area contributed by atoms with Gasteiger partial charge in [-0.2, -0.15) is 5.26 Å². The third-order valence-electron chi connectivity index (χ3n) is 2.64. The van der Waals surface area contributed by atoms with Crippen molar-refractivity contribution in [3.05, 3.63) is 35.1 Å². The summed E-state index contributed by atoms with van der Waals surface area (Å²) in [5.74, 6) is 0.939. The van der Waals surface area contributed by atoms with E-state index in [4.69, 9.17) is 9.68 Å². The van der Waals surface area contributed by atoms with Gasteiger partial charge in [-0.3, -0.25) is 0 Å². The van der Waals surface area contributed by atoms with Crippen molar-refractivity contribution in [1.29, 1.82) is 5.26 Å². The number of hydrogen-bond acceptors (Lipinski definition) is 2. The van der Waals surface area contributed by atoms with Gasteiger partial charge in [0.1, 0.15) is 11.8 Å². The van der Waals surface area contributed by atoms with E-state index >= 15 is 0 Å². The van der Waals surface area contributed by atoms with Crippen LogP contribution in [-0.4, -0.2) is 0 Å². The van der Waals surface area contributed by atoms with E-state index in [1.165, 1.54) is 5.56 Å². The Balaban J connectivity index is 2.74. The summed E-state index contributed by atoms with van der Waals surface area (Å²) < 4.78 is 5.65. The van der Waals surface area contributed by atoms with E-state index in [2.05, 4.69) is 13.0 Å². The molecule has 2 aromatic rings. The van der Waals surface area contributed by atoms with Gasteiger partial charge in [0.25, 0.3) is 0 Å². The minimum Gasteiger partial charge on any atom is -0.460 e. The highest BCUT2D eigenvalue weighted by atomic mass is 16.3. The minimum absolute atomic E-state index is 0.623. The van der Waals surface area contributed by atoms with Crippen LogP contribution in [0.2, 0.25) is 0 Å². The second-order valence-corrected chi connectivity index (χ2v) is 3.68. The molecule has 0 aliphatic rings. The zero-order valence-corrected chi connectivity index (χ0v) is 9.00. The molecule has 0 amide bonds. The van der Waals surface area contributed by atoms with E-state index in [1.807, 2.05) is 19.1 Å². The lowest BCUT2D eigenvalue weighted by Gasteiger charge is -1.95. The van der Waals surface area contributed by atoms with Crippen LogP contribution in [0.25, 0.3) is 11.0 Å². The summed E-state index contributed by atoms with van der Waals surface area (Å²) in [6, 6.07) is 7.89. The van der Waals surface area contributed by atoms with Crippen molar-refractivity contribution in [1.82, 2.24) is 0 Å². The Morgan fingerprint density at radius 2 is 2.20 bits per heavy atom. The van der Waals surface area contributed by atoms with Crippen LogP contribution in [0.3, 0.4) is 0 Å². The molecule has 2 nitrogen and oxygen atoms in total. The molecule has 1 aromatic heterocycles. The smallest absolute Gasteiger partial charge is 0.152 e. The number of aryl methyl sites for hydroxylation is 2. The quantitative estimate of drug-likeness (QED) is 0.741. The maximum atomic E-state index is 8.96. The van der Waals surface area contributed by atoms with Gasteiger partial charge in [0, 0.05) is 10.9 Å². The Labute approximate surface area is 89.1 Å². The van der Waals surface area contributed by atoms with Gasteiger partial charge in [-0.1, -0.05) is 25.5 Å². The number of benzene rings is 1. The highest BCUT2D eigenvalue weighted by Gasteiger charge is 2.12. The molecule has 0 radical (unpaired) electrons. The Kier molecular flexibility index (Phi) is 2.47. The molecule has 15 heavy (non-hydrogen) atoms. The van der Waals surface area contributed by atoms with Crippen LogP contribution in [0.15, 0.2) is 22.6 Å². The molecule has 0 N–H and O–H groups in total. The van der Waals surface area contributed by atoms with Gasteiger partial charge in [-0.05, 0) is 19.4 Å². The van der Waals surface area contributed by atoms with E-state index in [1.54, 1.807) is 6.07 Å². The van der Waals surface area contributed by atoms with Crippen molar-refractivity contribution < 1.29 is 4.42 Å². The second-order valence-electron chi connectivity index (χ2n) is 3.68. The lowest BCUT2D eigenvalue weighted by Crippen LogP contribution is -1.83. The van der Waals surface area contributed by atoms with Crippen LogP contribution in [-0.2, 0) is 6.42 Å². The van der Waals surface area contributed by atoms with E-state index < -0.39 is 0 Å². The van der Waals surface area contributed by atoms with E-state index in [9.17, 15) is 0 Å². The number of para-hydroxylation sites is 1. The van der Waals surface area contributed by atoms with E-state index in [0.29, 0.717) is 5.56 Å². The molecule has 0 unspecified atom stereocenters. The van der Waals surface area contributed by atoms with Gasteiger partial charge in [0.05, 0.1) is 5.56 Å². The number of fused-ring (bicyclic) bond motifs is 1. The fourth-order valence-corrected chi connectivity index (χ4v) is 1.94. The van der Waals surface area contributed by atoms with Crippen LogP contribution >= 0.6 is 0 Å². The number of nitrogens with zero attached hydrogens (tertiary/aromatic N) is 1. The molecular formula is C13H13NO. The number of furan rings is 1. The van der Waals surface area contributed by atoms with Gasteiger partial charge in [-0.25, -0.2) is 0 Å². The Hall–Kier alpha value is -1.75. The average Bonchev–Trinajstić information content (AvgIpc) is 2.56. The lowest BCUT2D eigenvalue weighted by molar-refractivity contribution is 0.570. The molecular weight excluding hydrogens is 186 g/mol. The van der Waals surface area contributed by atoms with Gasteiger partial charge in [0.15, 0.2) is 5.58 Å². The molecule has 1 aromatic carbocycles. The monoisotopic (exact) mass is 199 g/mol. The molecule has 2 heteroatoms. The third kappa shape index (κ3) is 1.50. The van der Waals surface area contributed by atoms with Gasteiger partial charge in [0.2, 0.25) is 0 Å². The molecule has 0 saturated heterocycles. The van der Waals surface area contributed by atoms with Crippen molar-refractivity contribution >= 4 is 11.0 Å². The zero-order valence-electron chi connectivity index (χ0n) is 9.00. The normalized spacial score (nSPS) is 10.5. The molecule has 1 heterocycles. The maximum Gasteiger partial charge on any atom is 0.152 e. The molecule has 0 aliphatic heterocycles. The number of rotatable bonds is 2. The predicted octanol–water partition coefficient (Wildman–Crippen LogP) is 3.57. The highest BCUT2D eigenvalue weighted by Crippen LogP contribution is 2.28. The first-order valence-corrected chi connectivity index (χ1v) is 5.19. The fraction of sp³-hybridized carbons (Fsp3) is 0.308. The summed E-state index contributed by atoms with van der Waals surface area (Å²) >= 11 is 0. The first-order valence-electron chi connectivity index (χ1n) is 5.19. The second kappa shape index (κ2) is 3.78. The molecule has 0 saturated carbocycles. The molecule has 0 fully saturated rings. The standard InChI is InChI=1S/C13H13NO/c1-3-5-11-9(2)15-13-10(8-14)6-4-7-12(11)13/h4,6-7H,3,5H2,1-2H3. The summed E-state index contributed by atoms with van der Waals surface area (Å²) in [4.78, 5) is 0. The SMILES string of the molecule is CCCc1c(C)oc2c(C#N)cccc12. The lowest BCUT2D eigenvalue weighted by atomic mass is 10.0. The Morgan fingerprint density at radius 3 is 2.87 bits per heavy atom. The topological polar surface area (TPSA) is 36.9 Å². The van der Waals surface area contributed by atoms with Crippen molar-refractivity contribution in [2.75, 3.05) is 0 Å². The summed E-state index contributed by atoms with van der Waals surface area (Å²) in [5.41, 5.74) is 2.60. The first kappa shape index (κ1) is 9.79. The van der Waals surface area contributed by atoms with Crippen molar-refractivity contribution in [2.24, 2.45) is 0 Å². The zero-order chi connectivity index (χ0) is 10.8. The van der Waals surface area contributed by atoms with Crippen molar-refractivity contribution in [3.8, 4) is 6.07 Å². The molecule has 0 bridgehead atoms. The summed E-state index contributed by atoms with van der Waals surface area (Å²) in [6.07, 6.45) is 2.10. The average molecular weight is 199 g/mol. The van der Waals surface area contributed by atoms with Crippen LogP contribution in [0.1, 0.15) is 30.2 Å². The Morgan fingerprint density at radius 1 is 1.40 bits per heavy atom. The van der Waals surface area contributed by atoms with Crippen LogP contribution in [0.5, 0.6) is 0 Å². The predicted molar refractivity (Wildman–Crippen MR) is 59.7 cm³/mol. The molecule has 0 spiro atoms. The highest BCUT2D eigenvalue weighted by molar-refractivity contribution is 5.86. The minimum atomic E-state index is 0.623. The van der Waals surface area contributed by atoms with Gasteiger partial charge >= 0.3 is 0 Å². The van der Waals surface area contributed by atoms with Crippen molar-refractivity contribution in [3.63, 3.8) is 0 Å². The largest absolute Gasteiger partial charge is 0.460 e. The summed E-state index contributed by atoms with van der Waals surface area (Å²) in [7, 11) is 0. The number of nitriles is 1. The first-order chi connectivity index (χ1) is 7.27. The molecule has 2 rings (SSSR count). The van der Waals surface area contributed by atoms with E-state index in [-0.39, 0.29) is 0 Å². The maximum absolute atomic E-state index is 8.96. The van der Waals surface area contributed by atoms with Crippen LogP contribution in [0, 0.1) is 18.3 Å². The Bertz CT molecular complexity index is 531. The molecule has 76 valence electrons. The summed E-state index contributed by atoms with van der Waals surface area (Å²) in [5, 5.41) is 10.0. The van der Waals surface area contributed by atoms with Crippen LogP contribution < -0.4 is 0 Å². The van der Waals surface area contributed by atoms with Gasteiger partial charge < -0.3 is 4.42 Å². The van der Waals surface area contributed by atoms with E-state index in [0.717, 1.165) is 29.6 Å². The van der Waals surface area contributed by atoms with Crippen molar-refractivity contribution in [2.45, 2.75) is 26.7 Å². The number of hydrogen-bond donors (Lipinski definition) is 0. The third-order valence-corrected chi connectivity index (χ3v) is 2.64. The summed E-state index contributed by atoms with van der Waals surface area (Å²) in [6.45, 7) is 4.11. The molecule has 0 aliphatic carbocycles.